The van der Waals surface area contributed by atoms with Gasteiger partial charge in [-0.25, -0.2) is 0 Å². The largest absolute Gasteiger partial charge is 0.395 e. The van der Waals surface area contributed by atoms with E-state index in [0.29, 0.717) is 5.69 Å². The average Bonchev–Trinajstić information content (AvgIpc) is 2.65. The predicted molar refractivity (Wildman–Crippen MR) is 80.3 cm³/mol. The number of amides is 1. The molecule has 1 rings (SSSR count). The number of hydrogen-bond acceptors (Lipinski definition) is 6. The van der Waals surface area contributed by atoms with Gasteiger partial charge in [-0.05, 0) is 27.0 Å². The number of aliphatic hydroxyl groups excluding tert-OH is 1. The van der Waals surface area contributed by atoms with Gasteiger partial charge >= 0.3 is 5.69 Å². The highest BCUT2D eigenvalue weighted by molar-refractivity contribution is 7.99. The molecule has 1 heterocycles. The van der Waals surface area contributed by atoms with Crippen LogP contribution in [0.3, 0.4) is 0 Å². The molecule has 21 heavy (non-hydrogen) atoms. The normalized spacial score (nSPS) is 13.8. The van der Waals surface area contributed by atoms with E-state index < -0.39 is 4.92 Å². The Bertz CT molecular complexity index is 528. The number of carbonyl (C=O) groups excluding carboxylic acids is 1. The third kappa shape index (κ3) is 4.18. The fourth-order valence-electron chi connectivity index (χ4n) is 2.07. The molecule has 9 heteroatoms. The smallest absolute Gasteiger partial charge is 0.312 e. The van der Waals surface area contributed by atoms with Crippen LogP contribution in [0.15, 0.2) is 0 Å². The second-order valence-electron chi connectivity index (χ2n) is 4.75. The molecule has 1 aromatic heterocycles. The Morgan fingerprint density at radius 1 is 1.57 bits per heavy atom. The predicted octanol–water partition coefficient (Wildman–Crippen LogP) is 0.637. The molecule has 0 aromatic carbocycles. The summed E-state index contributed by atoms with van der Waals surface area (Å²) in [6, 6.07) is -0.204. The maximum atomic E-state index is 12.0. The minimum absolute atomic E-state index is 0.0337. The van der Waals surface area contributed by atoms with Gasteiger partial charge in [0, 0.05) is 11.3 Å². The molecule has 0 bridgehead atoms. The molecule has 0 saturated carbocycles. The molecule has 1 aromatic rings. The highest BCUT2D eigenvalue weighted by Crippen LogP contribution is 2.21. The van der Waals surface area contributed by atoms with Crippen LogP contribution in [-0.2, 0) is 11.3 Å². The van der Waals surface area contributed by atoms with Crippen molar-refractivity contribution in [2.24, 2.45) is 0 Å². The van der Waals surface area contributed by atoms with E-state index in [9.17, 15) is 20.0 Å². The summed E-state index contributed by atoms with van der Waals surface area (Å²) in [5.74, 6) is -0.296. The minimum Gasteiger partial charge on any atom is -0.395 e. The molecule has 2 N–H and O–H groups in total. The summed E-state index contributed by atoms with van der Waals surface area (Å²) in [4.78, 5) is 22.4. The molecular weight excluding hydrogens is 296 g/mol. The first-order valence-corrected chi connectivity index (χ1v) is 7.72. The summed E-state index contributed by atoms with van der Waals surface area (Å²) < 4.78 is 1.32. The van der Waals surface area contributed by atoms with Gasteiger partial charge in [-0.3, -0.25) is 19.6 Å². The lowest BCUT2D eigenvalue weighted by molar-refractivity contribution is -0.386. The van der Waals surface area contributed by atoms with Crippen LogP contribution < -0.4 is 5.32 Å². The summed E-state index contributed by atoms with van der Waals surface area (Å²) in [6.07, 6.45) is 1.86. The van der Waals surface area contributed by atoms with Crippen molar-refractivity contribution in [1.29, 1.82) is 0 Å². The third-order valence-corrected chi connectivity index (χ3v) is 4.41. The Balaban J connectivity index is 2.76. The van der Waals surface area contributed by atoms with E-state index in [1.54, 1.807) is 13.8 Å². The van der Waals surface area contributed by atoms with Crippen LogP contribution in [0.5, 0.6) is 0 Å². The van der Waals surface area contributed by atoms with Crippen LogP contribution in [-0.4, -0.2) is 49.9 Å². The van der Waals surface area contributed by atoms with Gasteiger partial charge in [0.05, 0.1) is 11.5 Å². The highest BCUT2D eigenvalue weighted by Gasteiger charge is 2.23. The summed E-state index contributed by atoms with van der Waals surface area (Å²) in [6.45, 7) is 4.79. The number of aliphatic hydroxyl groups is 1. The quantitative estimate of drug-likeness (QED) is 0.564. The van der Waals surface area contributed by atoms with Crippen LogP contribution in [0.25, 0.3) is 0 Å². The molecule has 0 saturated heterocycles. The molecule has 0 aliphatic rings. The summed E-state index contributed by atoms with van der Waals surface area (Å²) in [7, 11) is 0. The lowest BCUT2D eigenvalue weighted by atomic mass is 10.2. The monoisotopic (exact) mass is 316 g/mol. The molecule has 0 fully saturated rings. The summed E-state index contributed by atoms with van der Waals surface area (Å²) in [5.41, 5.74) is 0.577. The van der Waals surface area contributed by atoms with E-state index >= 15 is 0 Å². The van der Waals surface area contributed by atoms with Gasteiger partial charge in [-0.1, -0.05) is 0 Å². The van der Waals surface area contributed by atoms with Crippen LogP contribution in [0, 0.1) is 24.0 Å². The van der Waals surface area contributed by atoms with E-state index in [-0.39, 0.29) is 41.7 Å². The number of nitro groups is 1. The molecule has 1 amide bonds. The molecule has 0 aliphatic carbocycles. The lowest BCUT2D eigenvalue weighted by Crippen LogP contribution is -2.42. The number of nitrogens with zero attached hydrogens (tertiary/aromatic N) is 3. The second-order valence-corrected chi connectivity index (χ2v) is 5.82. The second kappa shape index (κ2) is 7.41. The van der Waals surface area contributed by atoms with E-state index in [4.69, 9.17) is 0 Å². The first-order chi connectivity index (χ1) is 9.81. The van der Waals surface area contributed by atoms with Gasteiger partial charge in [0.2, 0.25) is 5.91 Å². The molecule has 0 spiro atoms. The van der Waals surface area contributed by atoms with Gasteiger partial charge in [0.25, 0.3) is 0 Å². The average molecular weight is 316 g/mol. The first-order valence-electron chi connectivity index (χ1n) is 6.43. The fraction of sp³-hybridized carbons (Fsp3) is 0.667. The standard InChI is InChI=1S/C12H20N4O4S/c1-7(10(6-17)21-4)13-11(18)5-15-9(3)12(16(19)20)8(2)14-15/h7,10,17H,5-6H2,1-4H3,(H,13,18). The number of nitrogens with one attached hydrogen (secondary N) is 1. The van der Waals surface area contributed by atoms with E-state index in [1.807, 2.05) is 6.26 Å². The van der Waals surface area contributed by atoms with Crippen molar-refractivity contribution < 1.29 is 14.8 Å². The minimum atomic E-state index is -0.496. The van der Waals surface area contributed by atoms with Crippen molar-refractivity contribution in [3.63, 3.8) is 0 Å². The highest BCUT2D eigenvalue weighted by atomic mass is 32.2. The number of aromatic nitrogens is 2. The Morgan fingerprint density at radius 2 is 2.19 bits per heavy atom. The first kappa shape index (κ1) is 17.4. The molecule has 118 valence electrons. The topological polar surface area (TPSA) is 110 Å². The van der Waals surface area contributed by atoms with Crippen molar-refractivity contribution in [3.05, 3.63) is 21.5 Å². The maximum absolute atomic E-state index is 12.0. The van der Waals surface area contributed by atoms with Gasteiger partial charge in [0.15, 0.2) is 0 Å². The van der Waals surface area contributed by atoms with Crippen LogP contribution in [0.1, 0.15) is 18.3 Å². The van der Waals surface area contributed by atoms with Gasteiger partial charge in [-0.2, -0.15) is 16.9 Å². The van der Waals surface area contributed by atoms with Crippen molar-refractivity contribution >= 4 is 23.4 Å². The van der Waals surface area contributed by atoms with E-state index in [2.05, 4.69) is 10.4 Å². The Labute approximate surface area is 127 Å². The van der Waals surface area contributed by atoms with E-state index in [0.717, 1.165) is 0 Å². The molecule has 0 radical (unpaired) electrons. The lowest BCUT2D eigenvalue weighted by Gasteiger charge is -2.21. The van der Waals surface area contributed by atoms with Gasteiger partial charge in [0.1, 0.15) is 17.9 Å². The Morgan fingerprint density at radius 3 is 2.62 bits per heavy atom. The van der Waals surface area contributed by atoms with Crippen molar-refractivity contribution in [2.45, 2.75) is 38.6 Å². The van der Waals surface area contributed by atoms with Gasteiger partial charge in [-0.15, -0.1) is 0 Å². The zero-order valence-corrected chi connectivity index (χ0v) is 13.3. The molecule has 0 aliphatic heterocycles. The summed E-state index contributed by atoms with van der Waals surface area (Å²) >= 11 is 1.46. The molecular formula is C12H20N4O4S. The van der Waals surface area contributed by atoms with E-state index in [1.165, 1.54) is 23.4 Å². The zero-order chi connectivity index (χ0) is 16.2. The Hall–Kier alpha value is -1.61. The number of thioether (sulfide) groups is 1. The number of rotatable bonds is 7. The molecule has 8 nitrogen and oxygen atoms in total. The van der Waals surface area contributed by atoms with Crippen LogP contribution >= 0.6 is 11.8 Å². The van der Waals surface area contributed by atoms with Gasteiger partial charge < -0.3 is 10.4 Å². The van der Waals surface area contributed by atoms with Crippen LogP contribution in [0.2, 0.25) is 0 Å². The number of aryl methyl sites for hydroxylation is 1. The van der Waals surface area contributed by atoms with Crippen molar-refractivity contribution in [2.75, 3.05) is 12.9 Å². The zero-order valence-electron chi connectivity index (χ0n) is 12.5. The molecule has 2 unspecified atom stereocenters. The Kier molecular flexibility index (Phi) is 6.16. The fourth-order valence-corrected chi connectivity index (χ4v) is 2.70. The maximum Gasteiger partial charge on any atom is 0.312 e. The SMILES string of the molecule is CSC(CO)C(C)NC(=O)Cn1nc(C)c([N+](=O)[O-])c1C. The third-order valence-electron chi connectivity index (χ3n) is 3.25. The number of carbonyl (C=O) groups is 1. The van der Waals surface area contributed by atoms with Crippen LogP contribution in [0.4, 0.5) is 5.69 Å². The van der Waals surface area contributed by atoms with Crippen molar-refractivity contribution in [3.8, 4) is 0 Å². The number of hydrogen-bond donors (Lipinski definition) is 2. The summed E-state index contributed by atoms with van der Waals surface area (Å²) in [5, 5.41) is 26.8. The van der Waals surface area contributed by atoms with Crippen molar-refractivity contribution in [1.82, 2.24) is 15.1 Å². The molecule has 2 atom stereocenters.